The Bertz CT molecular complexity index is 670. The fraction of sp³-hybridized carbons (Fsp3) is 0.375. The van der Waals surface area contributed by atoms with E-state index in [0.717, 1.165) is 5.56 Å². The van der Waals surface area contributed by atoms with Crippen LogP contribution < -0.4 is 10.2 Å². The van der Waals surface area contributed by atoms with Crippen LogP contribution in [0.1, 0.15) is 38.1 Å². The molecule has 2 aromatic rings. The van der Waals surface area contributed by atoms with Gasteiger partial charge in [0.2, 0.25) is 6.35 Å². The number of anilines is 2. The third-order valence-corrected chi connectivity index (χ3v) is 3.85. The van der Waals surface area contributed by atoms with Crippen molar-refractivity contribution in [2.24, 2.45) is 0 Å². The molecule has 1 aromatic heterocycles. The van der Waals surface area contributed by atoms with Gasteiger partial charge in [0.25, 0.3) is 0 Å². The fourth-order valence-electron chi connectivity index (χ4n) is 2.55. The summed E-state index contributed by atoms with van der Waals surface area (Å²) in [5, 5.41) is 23.3. The molecule has 0 spiro atoms. The summed E-state index contributed by atoms with van der Waals surface area (Å²) in [6.45, 7) is 5.31. The van der Waals surface area contributed by atoms with Gasteiger partial charge < -0.3 is 20.4 Å². The Balaban J connectivity index is 2.01. The van der Waals surface area contributed by atoms with Crippen molar-refractivity contribution >= 4 is 11.6 Å². The number of aliphatic hydroxyl groups is 2. The molecule has 0 fully saturated rings. The average molecular weight is 300 g/mol. The summed E-state index contributed by atoms with van der Waals surface area (Å²) >= 11 is 0. The Labute approximate surface area is 129 Å². The molecule has 2 heterocycles. The van der Waals surface area contributed by atoms with Crippen LogP contribution in [0.3, 0.4) is 0 Å². The van der Waals surface area contributed by atoms with Crippen molar-refractivity contribution in [3.63, 3.8) is 0 Å². The topological polar surface area (TPSA) is 81.5 Å². The molecule has 1 aromatic carbocycles. The Morgan fingerprint density at radius 3 is 2.59 bits per heavy atom. The van der Waals surface area contributed by atoms with Gasteiger partial charge in [-0.2, -0.15) is 0 Å². The molecule has 6 heteroatoms. The minimum atomic E-state index is -1.09. The minimum Gasteiger partial charge on any atom is -0.384 e. The first kappa shape index (κ1) is 14.7. The molecule has 0 radical (unpaired) electrons. The van der Waals surface area contributed by atoms with Crippen LogP contribution >= 0.6 is 0 Å². The maximum absolute atomic E-state index is 10.3. The predicted octanol–water partition coefficient (Wildman–Crippen LogP) is 1.97. The zero-order valence-electron chi connectivity index (χ0n) is 12.9. The Hall–Kier alpha value is -2.18. The molecule has 3 rings (SSSR count). The van der Waals surface area contributed by atoms with Gasteiger partial charge in [-0.15, -0.1) is 0 Å². The third kappa shape index (κ3) is 2.51. The van der Waals surface area contributed by atoms with Crippen LogP contribution in [0.5, 0.6) is 0 Å². The SMILES string of the molecule is CC(c1ccccc1)N1c2nc(C(C)(C)O)cnc2N[C@@H]1O. The van der Waals surface area contributed by atoms with E-state index in [1.807, 2.05) is 37.3 Å². The molecule has 0 bridgehead atoms. The van der Waals surface area contributed by atoms with E-state index in [4.69, 9.17) is 0 Å². The third-order valence-electron chi connectivity index (χ3n) is 3.85. The van der Waals surface area contributed by atoms with E-state index in [1.165, 1.54) is 6.20 Å². The lowest BCUT2D eigenvalue weighted by Crippen LogP contribution is -2.37. The highest BCUT2D eigenvalue weighted by Gasteiger charge is 2.35. The second kappa shape index (κ2) is 5.23. The average Bonchev–Trinajstić information content (AvgIpc) is 2.81. The van der Waals surface area contributed by atoms with Gasteiger partial charge in [-0.05, 0) is 26.3 Å². The van der Waals surface area contributed by atoms with Crippen molar-refractivity contribution in [2.45, 2.75) is 38.8 Å². The van der Waals surface area contributed by atoms with Gasteiger partial charge in [0, 0.05) is 0 Å². The number of nitrogens with zero attached hydrogens (tertiary/aromatic N) is 3. The van der Waals surface area contributed by atoms with Gasteiger partial charge in [0.15, 0.2) is 11.6 Å². The molecule has 0 saturated carbocycles. The number of aliphatic hydroxyl groups excluding tert-OH is 1. The molecule has 0 saturated heterocycles. The van der Waals surface area contributed by atoms with Gasteiger partial charge in [-0.25, -0.2) is 9.97 Å². The maximum atomic E-state index is 10.3. The summed E-state index contributed by atoms with van der Waals surface area (Å²) < 4.78 is 0. The van der Waals surface area contributed by atoms with Crippen molar-refractivity contribution < 1.29 is 10.2 Å². The van der Waals surface area contributed by atoms with Crippen molar-refractivity contribution in [1.82, 2.24) is 9.97 Å². The summed E-state index contributed by atoms with van der Waals surface area (Å²) in [5.41, 5.74) is 0.441. The van der Waals surface area contributed by atoms with Gasteiger partial charge in [-0.1, -0.05) is 30.3 Å². The van der Waals surface area contributed by atoms with Crippen LogP contribution in [0.25, 0.3) is 0 Å². The smallest absolute Gasteiger partial charge is 0.208 e. The molecule has 3 N–H and O–H groups in total. The van der Waals surface area contributed by atoms with E-state index in [0.29, 0.717) is 17.3 Å². The van der Waals surface area contributed by atoms with E-state index in [-0.39, 0.29) is 6.04 Å². The first-order valence-electron chi connectivity index (χ1n) is 7.25. The highest BCUT2D eigenvalue weighted by Crippen LogP contribution is 2.37. The molecule has 22 heavy (non-hydrogen) atoms. The highest BCUT2D eigenvalue weighted by molar-refractivity contribution is 5.68. The van der Waals surface area contributed by atoms with E-state index in [1.54, 1.807) is 18.7 Å². The van der Waals surface area contributed by atoms with Gasteiger partial charge in [-0.3, -0.25) is 0 Å². The van der Waals surface area contributed by atoms with Crippen molar-refractivity contribution in [1.29, 1.82) is 0 Å². The maximum Gasteiger partial charge on any atom is 0.208 e. The second-order valence-electron chi connectivity index (χ2n) is 6.00. The lowest BCUT2D eigenvalue weighted by molar-refractivity contribution is 0.0735. The van der Waals surface area contributed by atoms with Crippen molar-refractivity contribution in [2.75, 3.05) is 10.2 Å². The van der Waals surface area contributed by atoms with Crippen molar-refractivity contribution in [3.8, 4) is 0 Å². The molecule has 2 atom stereocenters. The molecule has 1 unspecified atom stereocenters. The molecule has 0 amide bonds. The zero-order valence-corrected chi connectivity index (χ0v) is 12.9. The van der Waals surface area contributed by atoms with Crippen LogP contribution in [-0.4, -0.2) is 26.5 Å². The number of hydrogen-bond donors (Lipinski definition) is 3. The van der Waals surface area contributed by atoms with Gasteiger partial charge in [0.1, 0.15) is 5.60 Å². The molecule has 0 aliphatic carbocycles. The molecule has 116 valence electrons. The number of rotatable bonds is 3. The van der Waals surface area contributed by atoms with E-state index in [2.05, 4.69) is 15.3 Å². The van der Waals surface area contributed by atoms with Crippen LogP contribution in [0.2, 0.25) is 0 Å². The predicted molar refractivity (Wildman–Crippen MR) is 84.2 cm³/mol. The number of benzene rings is 1. The second-order valence-corrected chi connectivity index (χ2v) is 6.00. The van der Waals surface area contributed by atoms with Crippen LogP contribution in [0, 0.1) is 0 Å². The van der Waals surface area contributed by atoms with E-state index < -0.39 is 12.0 Å². The lowest BCUT2D eigenvalue weighted by atomic mass is 10.1. The van der Waals surface area contributed by atoms with Gasteiger partial charge in [0.05, 0.1) is 17.9 Å². The summed E-state index contributed by atoms with van der Waals surface area (Å²) in [6.07, 6.45) is 0.622. The quantitative estimate of drug-likeness (QED) is 0.804. The lowest BCUT2D eigenvalue weighted by Gasteiger charge is -2.29. The normalized spacial score (nSPS) is 18.8. The first-order chi connectivity index (χ1) is 10.4. The van der Waals surface area contributed by atoms with E-state index >= 15 is 0 Å². The van der Waals surface area contributed by atoms with Crippen LogP contribution in [0.4, 0.5) is 11.6 Å². The molecule has 1 aliphatic rings. The monoisotopic (exact) mass is 300 g/mol. The number of hydrogen-bond acceptors (Lipinski definition) is 6. The zero-order chi connectivity index (χ0) is 15.9. The highest BCUT2D eigenvalue weighted by atomic mass is 16.3. The van der Waals surface area contributed by atoms with Crippen LogP contribution in [-0.2, 0) is 5.60 Å². The van der Waals surface area contributed by atoms with Crippen molar-refractivity contribution in [3.05, 3.63) is 47.8 Å². The summed E-state index contributed by atoms with van der Waals surface area (Å²) in [6, 6.07) is 9.79. The number of aromatic nitrogens is 2. The molecular formula is C16H20N4O2. The Morgan fingerprint density at radius 1 is 1.27 bits per heavy atom. The fourth-order valence-corrected chi connectivity index (χ4v) is 2.55. The first-order valence-corrected chi connectivity index (χ1v) is 7.25. The Morgan fingerprint density at radius 2 is 1.95 bits per heavy atom. The van der Waals surface area contributed by atoms with Gasteiger partial charge >= 0.3 is 0 Å². The molecular weight excluding hydrogens is 280 g/mol. The standard InChI is InChI=1S/C16H20N4O2/c1-10(11-7-5-4-6-8-11)20-14-13(19-15(20)21)17-9-12(18-14)16(2,3)22/h4-10,15,21-22H,1-3H3,(H,17,19)/t10?,15-/m0/s1. The van der Waals surface area contributed by atoms with E-state index in [9.17, 15) is 10.2 Å². The molecule has 6 nitrogen and oxygen atoms in total. The molecule has 1 aliphatic heterocycles. The Kier molecular flexibility index (Phi) is 3.50. The summed E-state index contributed by atoms with van der Waals surface area (Å²) in [4.78, 5) is 10.5. The number of fused-ring (bicyclic) bond motifs is 1. The summed E-state index contributed by atoms with van der Waals surface area (Å²) in [5.74, 6) is 1.06. The van der Waals surface area contributed by atoms with Crippen LogP contribution in [0.15, 0.2) is 36.5 Å². The number of nitrogens with one attached hydrogen (secondary N) is 1. The summed E-state index contributed by atoms with van der Waals surface area (Å²) in [7, 11) is 0. The largest absolute Gasteiger partial charge is 0.384 e. The minimum absolute atomic E-state index is 0.0868.